The van der Waals surface area contributed by atoms with Gasteiger partial charge in [-0.25, -0.2) is 18.2 Å². The zero-order valence-electron chi connectivity index (χ0n) is 8.27. The van der Waals surface area contributed by atoms with Crippen molar-refractivity contribution in [1.29, 1.82) is 0 Å². The van der Waals surface area contributed by atoms with Gasteiger partial charge in [0, 0.05) is 11.5 Å². The van der Waals surface area contributed by atoms with Crippen LogP contribution in [0.15, 0.2) is 18.2 Å². The van der Waals surface area contributed by atoms with Crippen molar-refractivity contribution in [3.05, 3.63) is 40.3 Å². The van der Waals surface area contributed by atoms with Crippen LogP contribution < -0.4 is 0 Å². The van der Waals surface area contributed by atoms with E-state index >= 15 is 0 Å². The molecule has 0 aliphatic rings. The van der Waals surface area contributed by atoms with Gasteiger partial charge >= 0.3 is 0 Å². The number of hydrogen-bond acceptors (Lipinski definition) is 1. The van der Waals surface area contributed by atoms with Gasteiger partial charge in [0.2, 0.25) is 0 Å². The van der Waals surface area contributed by atoms with Crippen molar-refractivity contribution in [3.63, 3.8) is 0 Å². The maximum atomic E-state index is 13.2. The molecule has 16 heavy (non-hydrogen) atoms. The fourth-order valence-electron chi connectivity index (χ4n) is 1.45. The van der Waals surface area contributed by atoms with Gasteiger partial charge in [-0.2, -0.15) is 0 Å². The monoisotopic (exact) mass is 245 g/mol. The first kappa shape index (κ1) is 11.2. The third-order valence-electron chi connectivity index (χ3n) is 2.28. The van der Waals surface area contributed by atoms with Crippen molar-refractivity contribution in [2.24, 2.45) is 0 Å². The van der Waals surface area contributed by atoms with Crippen LogP contribution in [0.5, 0.6) is 0 Å². The van der Waals surface area contributed by atoms with E-state index in [1.807, 2.05) is 0 Å². The maximum absolute atomic E-state index is 13.2. The summed E-state index contributed by atoms with van der Waals surface area (Å²) in [5.41, 5.74) is 0.104. The third kappa shape index (κ3) is 1.85. The second-order valence-corrected chi connectivity index (χ2v) is 3.86. The zero-order valence-corrected chi connectivity index (χ0v) is 9.02. The topological polar surface area (TPSA) is 12.9 Å². The van der Waals surface area contributed by atoms with Crippen LogP contribution in [0.2, 0.25) is 5.02 Å². The summed E-state index contributed by atoms with van der Waals surface area (Å²) in [6.45, 7) is 1.58. The van der Waals surface area contributed by atoms with Crippen LogP contribution in [-0.2, 0) is 0 Å². The second-order valence-electron chi connectivity index (χ2n) is 3.45. The molecule has 0 amide bonds. The lowest BCUT2D eigenvalue weighted by Crippen LogP contribution is -1.93. The summed E-state index contributed by atoms with van der Waals surface area (Å²) < 4.78 is 38.1. The quantitative estimate of drug-likeness (QED) is 0.731. The smallest absolute Gasteiger partial charge is 0.247 e. The Morgan fingerprint density at radius 1 is 1.25 bits per heavy atom. The highest BCUT2D eigenvalue weighted by Gasteiger charge is 2.13. The van der Waals surface area contributed by atoms with Crippen LogP contribution in [-0.4, -0.2) is 4.98 Å². The molecule has 0 fully saturated rings. The molecule has 0 unspecified atom stereocenters. The van der Waals surface area contributed by atoms with E-state index in [-0.39, 0.29) is 10.5 Å². The van der Waals surface area contributed by atoms with Crippen LogP contribution >= 0.6 is 11.6 Å². The van der Waals surface area contributed by atoms with Crippen molar-refractivity contribution in [2.75, 3.05) is 0 Å². The number of halogens is 4. The predicted molar refractivity (Wildman–Crippen MR) is 56.4 cm³/mol. The first-order valence-corrected chi connectivity index (χ1v) is 4.91. The van der Waals surface area contributed by atoms with Crippen molar-refractivity contribution in [3.8, 4) is 0 Å². The highest BCUT2D eigenvalue weighted by molar-refractivity contribution is 6.35. The number of rotatable bonds is 1. The van der Waals surface area contributed by atoms with Crippen LogP contribution in [0.4, 0.5) is 13.2 Å². The van der Waals surface area contributed by atoms with Gasteiger partial charge in [-0.15, -0.1) is 0 Å². The Morgan fingerprint density at radius 2 is 1.94 bits per heavy atom. The van der Waals surface area contributed by atoms with E-state index in [9.17, 15) is 13.2 Å². The minimum atomic E-state index is -2.72. The van der Waals surface area contributed by atoms with Crippen LogP contribution in [0.1, 0.15) is 17.7 Å². The summed E-state index contributed by atoms with van der Waals surface area (Å²) in [4.78, 5) is 3.66. The predicted octanol–water partition coefficient (Wildman–Crippen LogP) is 4.27. The molecule has 2 aromatic rings. The van der Waals surface area contributed by atoms with Crippen molar-refractivity contribution in [1.82, 2.24) is 4.98 Å². The van der Waals surface area contributed by atoms with E-state index in [0.29, 0.717) is 10.9 Å². The molecule has 5 heteroatoms. The van der Waals surface area contributed by atoms with Crippen LogP contribution in [0.3, 0.4) is 0 Å². The summed E-state index contributed by atoms with van der Waals surface area (Å²) in [5, 5.41) is 0.633. The van der Waals surface area contributed by atoms with Crippen molar-refractivity contribution < 1.29 is 13.2 Å². The van der Waals surface area contributed by atoms with Crippen LogP contribution in [0, 0.1) is 12.7 Å². The lowest BCUT2D eigenvalue weighted by molar-refractivity contribution is 0.146. The number of nitrogens with zero attached hydrogens (tertiary/aromatic N) is 1. The Kier molecular flexibility index (Phi) is 2.76. The van der Waals surface area contributed by atoms with Gasteiger partial charge in [-0.3, -0.25) is 0 Å². The van der Waals surface area contributed by atoms with Crippen LogP contribution in [0.25, 0.3) is 10.9 Å². The Bertz CT molecular complexity index is 554. The van der Waals surface area contributed by atoms with E-state index in [1.54, 1.807) is 6.92 Å². The second kappa shape index (κ2) is 3.94. The van der Waals surface area contributed by atoms with Gasteiger partial charge in [-0.05, 0) is 24.6 Å². The molecule has 0 aliphatic heterocycles. The molecule has 0 aliphatic carbocycles. The Morgan fingerprint density at radius 3 is 2.56 bits per heavy atom. The molecule has 1 nitrogen and oxygen atoms in total. The average molecular weight is 246 g/mol. The van der Waals surface area contributed by atoms with Gasteiger partial charge in [0.05, 0.1) is 10.5 Å². The van der Waals surface area contributed by atoms with Crippen molar-refractivity contribution >= 4 is 22.5 Å². The van der Waals surface area contributed by atoms with E-state index in [2.05, 4.69) is 4.98 Å². The summed E-state index contributed by atoms with van der Waals surface area (Å²) in [6.07, 6.45) is -2.72. The van der Waals surface area contributed by atoms with Gasteiger partial charge < -0.3 is 0 Å². The zero-order chi connectivity index (χ0) is 11.9. The number of benzene rings is 1. The first-order valence-electron chi connectivity index (χ1n) is 4.53. The number of alkyl halides is 2. The van der Waals surface area contributed by atoms with E-state index in [0.717, 1.165) is 12.1 Å². The minimum Gasteiger partial charge on any atom is -0.247 e. The fraction of sp³-hybridized carbons (Fsp3) is 0.182. The summed E-state index contributed by atoms with van der Waals surface area (Å²) in [7, 11) is 0. The Balaban J connectivity index is 2.77. The van der Waals surface area contributed by atoms with E-state index < -0.39 is 17.9 Å². The number of aryl methyl sites for hydroxylation is 1. The normalized spacial score (nSPS) is 11.4. The lowest BCUT2D eigenvalue weighted by atomic mass is 10.1. The average Bonchev–Trinajstić information content (AvgIpc) is 2.20. The molecular formula is C11H7ClF3N. The van der Waals surface area contributed by atoms with E-state index in [4.69, 9.17) is 11.6 Å². The molecule has 0 saturated heterocycles. The molecule has 2 rings (SSSR count). The van der Waals surface area contributed by atoms with E-state index in [1.165, 1.54) is 6.07 Å². The summed E-state index contributed by atoms with van der Waals surface area (Å²) >= 11 is 5.83. The highest BCUT2D eigenvalue weighted by Crippen LogP contribution is 2.28. The summed E-state index contributed by atoms with van der Waals surface area (Å²) in [5.74, 6) is -0.484. The minimum absolute atomic E-state index is 0.144. The van der Waals surface area contributed by atoms with Gasteiger partial charge in [-0.1, -0.05) is 11.6 Å². The largest absolute Gasteiger partial charge is 0.280 e. The molecule has 1 heterocycles. The standard InChI is InChI=1S/C11H7ClF3N/c1-5-2-6-7(12)3-10(11(14)15)16-9(6)4-8(5)13/h2-4,11H,1H3. The van der Waals surface area contributed by atoms with Crippen molar-refractivity contribution in [2.45, 2.75) is 13.3 Å². The van der Waals surface area contributed by atoms with Gasteiger partial charge in [0.1, 0.15) is 11.5 Å². The SMILES string of the molecule is Cc1cc2c(Cl)cc(C(F)F)nc2cc1F. The molecule has 0 atom stereocenters. The molecule has 84 valence electrons. The molecule has 0 spiro atoms. The maximum Gasteiger partial charge on any atom is 0.280 e. The number of fused-ring (bicyclic) bond motifs is 1. The highest BCUT2D eigenvalue weighted by atomic mass is 35.5. The number of pyridine rings is 1. The molecule has 0 bridgehead atoms. The van der Waals surface area contributed by atoms with Gasteiger partial charge in [0.25, 0.3) is 6.43 Å². The Labute approximate surface area is 94.9 Å². The fourth-order valence-corrected chi connectivity index (χ4v) is 1.71. The molecule has 1 aromatic carbocycles. The number of aromatic nitrogens is 1. The molecule has 1 aromatic heterocycles. The lowest BCUT2D eigenvalue weighted by Gasteiger charge is -2.06. The molecule has 0 radical (unpaired) electrons. The number of hydrogen-bond donors (Lipinski definition) is 0. The summed E-state index contributed by atoms with van der Waals surface area (Å²) in [6, 6.07) is 3.71. The Hall–Kier alpha value is -1.29. The third-order valence-corrected chi connectivity index (χ3v) is 2.59. The molecular weight excluding hydrogens is 239 g/mol. The first-order chi connectivity index (χ1) is 7.49. The molecule has 0 N–H and O–H groups in total. The van der Waals surface area contributed by atoms with Gasteiger partial charge in [0.15, 0.2) is 0 Å². The molecule has 0 saturated carbocycles.